The molecule has 3 rings (SSSR count). The van der Waals surface area contributed by atoms with Crippen LogP contribution in [-0.2, 0) is 9.84 Å². The Bertz CT molecular complexity index is 815. The van der Waals surface area contributed by atoms with Gasteiger partial charge in [0.1, 0.15) is 5.82 Å². The van der Waals surface area contributed by atoms with Gasteiger partial charge in [0.2, 0.25) is 0 Å². The molecule has 25 heavy (non-hydrogen) atoms. The molecule has 2 heterocycles. The van der Waals surface area contributed by atoms with Crippen LogP contribution in [0.4, 0.5) is 15.9 Å². The van der Waals surface area contributed by atoms with E-state index in [0.29, 0.717) is 5.82 Å². The van der Waals surface area contributed by atoms with Crippen molar-refractivity contribution in [1.29, 1.82) is 0 Å². The Hall–Kier alpha value is -2.22. The zero-order valence-corrected chi connectivity index (χ0v) is 15.1. The summed E-state index contributed by atoms with van der Waals surface area (Å²) >= 11 is 0. The molecule has 8 heteroatoms. The molecule has 0 atom stereocenters. The molecule has 6 nitrogen and oxygen atoms in total. The Morgan fingerprint density at radius 3 is 2.04 bits per heavy atom. The maximum Gasteiger partial charge on any atom is 0.199 e. The molecule has 1 fully saturated rings. The minimum atomic E-state index is -3.40. The van der Waals surface area contributed by atoms with E-state index in [0.717, 1.165) is 31.9 Å². The first-order valence-corrected chi connectivity index (χ1v) is 9.75. The van der Waals surface area contributed by atoms with E-state index in [1.165, 1.54) is 18.2 Å². The van der Waals surface area contributed by atoms with Crippen molar-refractivity contribution in [2.45, 2.75) is 24.1 Å². The molecule has 1 saturated heterocycles. The average molecular weight is 364 g/mol. The lowest BCUT2D eigenvalue weighted by Crippen LogP contribution is -2.46. The van der Waals surface area contributed by atoms with Crippen molar-refractivity contribution in [3.63, 3.8) is 0 Å². The van der Waals surface area contributed by atoms with Gasteiger partial charge < -0.3 is 9.80 Å². The smallest absolute Gasteiger partial charge is 0.199 e. The van der Waals surface area contributed by atoms with E-state index in [9.17, 15) is 12.8 Å². The van der Waals surface area contributed by atoms with Crippen molar-refractivity contribution in [3.8, 4) is 0 Å². The third-order valence-corrected chi connectivity index (χ3v) is 6.38. The first-order valence-electron chi connectivity index (χ1n) is 8.21. The van der Waals surface area contributed by atoms with Crippen LogP contribution < -0.4 is 9.80 Å². The van der Waals surface area contributed by atoms with Crippen molar-refractivity contribution in [1.82, 2.24) is 10.2 Å². The van der Waals surface area contributed by atoms with Crippen molar-refractivity contribution in [3.05, 3.63) is 42.2 Å². The van der Waals surface area contributed by atoms with Crippen LogP contribution in [0.15, 0.2) is 41.4 Å². The van der Waals surface area contributed by atoms with E-state index in [2.05, 4.69) is 20.0 Å². The molecule has 0 N–H and O–H groups in total. The quantitative estimate of drug-likeness (QED) is 0.828. The highest BCUT2D eigenvalue weighted by Crippen LogP contribution is 2.20. The van der Waals surface area contributed by atoms with Crippen LogP contribution in [0.25, 0.3) is 0 Å². The van der Waals surface area contributed by atoms with Crippen molar-refractivity contribution in [2.75, 3.05) is 36.0 Å². The normalized spacial score (nSPS) is 15.7. The van der Waals surface area contributed by atoms with Gasteiger partial charge in [-0.1, -0.05) is 0 Å². The van der Waals surface area contributed by atoms with Crippen LogP contribution in [0.2, 0.25) is 0 Å². The maximum absolute atomic E-state index is 13.0. The van der Waals surface area contributed by atoms with Crippen LogP contribution in [0.1, 0.15) is 13.8 Å². The summed E-state index contributed by atoms with van der Waals surface area (Å²) in [6.45, 7) is 6.28. The standard InChI is InChI=1S/C17H21FN4O2S/c1-13(2)25(23,24)17-8-7-16(19-20-17)22-11-9-21(10-12-22)15-5-3-14(18)4-6-15/h3-8,13H,9-12H2,1-2H3. The molecule has 1 aromatic carbocycles. The number of rotatable bonds is 4. The molecule has 0 saturated carbocycles. The Balaban J connectivity index is 1.66. The zero-order valence-electron chi connectivity index (χ0n) is 14.3. The number of halogens is 1. The summed E-state index contributed by atoms with van der Waals surface area (Å²) in [5.41, 5.74) is 0.991. The Morgan fingerprint density at radius 2 is 1.52 bits per heavy atom. The number of aromatic nitrogens is 2. The fourth-order valence-corrected chi connectivity index (χ4v) is 3.62. The molecule has 0 radical (unpaired) electrons. The van der Waals surface area contributed by atoms with Gasteiger partial charge in [0.05, 0.1) is 5.25 Å². The number of anilines is 2. The highest BCUT2D eigenvalue weighted by Gasteiger charge is 2.23. The molecule has 0 bridgehead atoms. The summed E-state index contributed by atoms with van der Waals surface area (Å²) in [5.74, 6) is 0.426. The predicted molar refractivity (Wildman–Crippen MR) is 95.2 cm³/mol. The lowest BCUT2D eigenvalue weighted by atomic mass is 10.2. The van der Waals surface area contributed by atoms with Gasteiger partial charge in [-0.25, -0.2) is 12.8 Å². The third-order valence-electron chi connectivity index (χ3n) is 4.33. The fourth-order valence-electron chi connectivity index (χ4n) is 2.72. The molecule has 0 aliphatic carbocycles. The number of piperazine rings is 1. The molecule has 0 spiro atoms. The van der Waals surface area contributed by atoms with Crippen LogP contribution in [-0.4, -0.2) is 50.0 Å². The summed E-state index contributed by atoms with van der Waals surface area (Å²) in [6.07, 6.45) is 0. The second-order valence-electron chi connectivity index (χ2n) is 6.27. The molecule has 0 amide bonds. The lowest BCUT2D eigenvalue weighted by Gasteiger charge is -2.36. The van der Waals surface area contributed by atoms with Crippen molar-refractivity contribution >= 4 is 21.3 Å². The number of hydrogen-bond acceptors (Lipinski definition) is 6. The topological polar surface area (TPSA) is 66.4 Å². The molecule has 134 valence electrons. The van der Waals surface area contributed by atoms with Crippen molar-refractivity contribution in [2.24, 2.45) is 0 Å². The van der Waals surface area contributed by atoms with Crippen LogP contribution in [0, 0.1) is 5.82 Å². The van der Waals surface area contributed by atoms with Gasteiger partial charge in [-0.15, -0.1) is 10.2 Å². The lowest BCUT2D eigenvalue weighted by molar-refractivity contribution is 0.580. The largest absolute Gasteiger partial charge is 0.368 e. The molecule has 1 aliphatic rings. The highest BCUT2D eigenvalue weighted by molar-refractivity contribution is 7.91. The van der Waals surface area contributed by atoms with Crippen LogP contribution in [0.5, 0.6) is 0 Å². The van der Waals surface area contributed by atoms with Crippen molar-refractivity contribution < 1.29 is 12.8 Å². The van der Waals surface area contributed by atoms with Gasteiger partial charge in [0.15, 0.2) is 20.7 Å². The van der Waals surface area contributed by atoms with E-state index in [4.69, 9.17) is 0 Å². The number of nitrogens with zero attached hydrogens (tertiary/aromatic N) is 4. The second-order valence-corrected chi connectivity index (χ2v) is 8.73. The van der Waals surface area contributed by atoms with Gasteiger partial charge in [0.25, 0.3) is 0 Å². The molecule has 0 unspecified atom stereocenters. The number of benzene rings is 1. The van der Waals surface area contributed by atoms with E-state index >= 15 is 0 Å². The van der Waals surface area contributed by atoms with E-state index in [1.807, 2.05) is 0 Å². The van der Waals surface area contributed by atoms with Crippen LogP contribution in [0.3, 0.4) is 0 Å². The van der Waals surface area contributed by atoms with E-state index in [1.54, 1.807) is 32.0 Å². The molecule has 2 aromatic rings. The van der Waals surface area contributed by atoms with Gasteiger partial charge in [0, 0.05) is 31.9 Å². The predicted octanol–water partition coefficient (Wildman–Crippen LogP) is 2.12. The minimum Gasteiger partial charge on any atom is -0.368 e. The van der Waals surface area contributed by atoms with E-state index < -0.39 is 15.1 Å². The Morgan fingerprint density at radius 1 is 0.920 bits per heavy atom. The third kappa shape index (κ3) is 3.73. The van der Waals surface area contributed by atoms with Crippen LogP contribution >= 0.6 is 0 Å². The summed E-state index contributed by atoms with van der Waals surface area (Å²) in [5, 5.41) is 7.48. The Labute approximate surface area is 147 Å². The number of sulfone groups is 1. The first-order chi connectivity index (χ1) is 11.9. The monoisotopic (exact) mass is 364 g/mol. The first kappa shape index (κ1) is 17.6. The molecular weight excluding hydrogens is 343 g/mol. The zero-order chi connectivity index (χ0) is 18.0. The molecule has 1 aliphatic heterocycles. The van der Waals surface area contributed by atoms with Gasteiger partial charge in [-0.2, -0.15) is 0 Å². The Kier molecular flexibility index (Phi) is 4.89. The molecular formula is C17H21FN4O2S. The SMILES string of the molecule is CC(C)S(=O)(=O)c1ccc(N2CCN(c3ccc(F)cc3)CC2)nn1. The second kappa shape index (κ2) is 6.95. The maximum atomic E-state index is 13.0. The van der Waals surface area contributed by atoms with E-state index in [-0.39, 0.29) is 10.8 Å². The van der Waals surface area contributed by atoms with Gasteiger partial charge in [-0.05, 0) is 50.2 Å². The summed E-state index contributed by atoms with van der Waals surface area (Å²) in [6, 6.07) is 9.69. The average Bonchev–Trinajstić information content (AvgIpc) is 2.62. The summed E-state index contributed by atoms with van der Waals surface area (Å²) in [4.78, 5) is 4.25. The van der Waals surface area contributed by atoms with Gasteiger partial charge in [-0.3, -0.25) is 0 Å². The molecule has 1 aromatic heterocycles. The number of hydrogen-bond donors (Lipinski definition) is 0. The highest BCUT2D eigenvalue weighted by atomic mass is 32.2. The summed E-state index contributed by atoms with van der Waals surface area (Å²) < 4.78 is 37.2. The van der Waals surface area contributed by atoms with Gasteiger partial charge >= 0.3 is 0 Å². The summed E-state index contributed by atoms with van der Waals surface area (Å²) in [7, 11) is -3.40. The fraction of sp³-hybridized carbons (Fsp3) is 0.412. The minimum absolute atomic E-state index is 0.0104.